The van der Waals surface area contributed by atoms with Crippen LogP contribution in [0.3, 0.4) is 0 Å². The van der Waals surface area contributed by atoms with E-state index in [2.05, 4.69) is 10.6 Å². The number of amidine groups is 1. The summed E-state index contributed by atoms with van der Waals surface area (Å²) in [6.45, 7) is 7.91. The highest BCUT2D eigenvalue weighted by molar-refractivity contribution is 7.89. The molecule has 2 aromatic carbocycles. The van der Waals surface area contributed by atoms with Gasteiger partial charge in [-0.25, -0.2) is 12.7 Å². The lowest BCUT2D eigenvalue weighted by Gasteiger charge is -2.34. The molecule has 0 unspecified atom stereocenters. The fraction of sp³-hybridized carbons (Fsp3) is 0.423. The van der Waals surface area contributed by atoms with Crippen molar-refractivity contribution in [1.82, 2.24) is 9.62 Å². The van der Waals surface area contributed by atoms with Gasteiger partial charge in [0.05, 0.1) is 5.75 Å². The van der Waals surface area contributed by atoms with Crippen molar-refractivity contribution in [2.24, 2.45) is 4.99 Å². The smallest absolute Gasteiger partial charge is 0.253 e. The van der Waals surface area contributed by atoms with Crippen molar-refractivity contribution in [2.45, 2.75) is 52.5 Å². The Kier molecular flexibility index (Phi) is 6.83. The number of aryl methyl sites for hydroxylation is 3. The molecular weight excluding hydrogens is 464 g/mol. The van der Waals surface area contributed by atoms with Gasteiger partial charge >= 0.3 is 0 Å². The molecule has 4 rings (SSSR count). The highest BCUT2D eigenvalue weighted by atomic mass is 32.2. The van der Waals surface area contributed by atoms with Crippen LogP contribution in [0.15, 0.2) is 41.4 Å². The Morgan fingerprint density at radius 2 is 1.83 bits per heavy atom. The topological polar surface area (TPSA) is 108 Å². The number of nitrogens with zero attached hydrogens (tertiary/aromatic N) is 2. The minimum atomic E-state index is -3.49. The van der Waals surface area contributed by atoms with Gasteiger partial charge < -0.3 is 10.6 Å². The lowest BCUT2D eigenvalue weighted by molar-refractivity contribution is -0.125. The van der Waals surface area contributed by atoms with Gasteiger partial charge in [-0.3, -0.25) is 14.6 Å². The van der Waals surface area contributed by atoms with Gasteiger partial charge in [-0.05, 0) is 74.4 Å². The largest absolute Gasteiger partial charge is 0.326 e. The number of carbonyl (C=O) groups excluding carboxylic acids is 2. The molecule has 35 heavy (non-hydrogen) atoms. The fourth-order valence-electron chi connectivity index (χ4n) is 4.75. The SMILES string of the molecule is CC(=O)Nc1ccc(CCS(=O)(=O)N2CCC3(CC2)N=C(c2cccc(C)c2C)NC3=O)c(C)c1. The number of aliphatic imine (C=N–C) groups is 1. The van der Waals surface area contributed by atoms with E-state index in [9.17, 15) is 18.0 Å². The van der Waals surface area contributed by atoms with Crippen molar-refractivity contribution in [1.29, 1.82) is 0 Å². The molecule has 2 aliphatic heterocycles. The van der Waals surface area contributed by atoms with Gasteiger partial charge in [-0.15, -0.1) is 0 Å². The number of hydrogen-bond donors (Lipinski definition) is 2. The van der Waals surface area contributed by atoms with Crippen molar-refractivity contribution in [3.63, 3.8) is 0 Å². The van der Waals surface area contributed by atoms with Gasteiger partial charge in [-0.2, -0.15) is 0 Å². The van der Waals surface area contributed by atoms with E-state index in [1.165, 1.54) is 11.2 Å². The van der Waals surface area contributed by atoms with Crippen LogP contribution >= 0.6 is 0 Å². The van der Waals surface area contributed by atoms with Crippen LogP contribution in [0.5, 0.6) is 0 Å². The zero-order valence-electron chi connectivity index (χ0n) is 20.6. The zero-order chi connectivity index (χ0) is 25.4. The number of hydrogen-bond acceptors (Lipinski definition) is 5. The second-order valence-corrected chi connectivity index (χ2v) is 11.6. The van der Waals surface area contributed by atoms with Crippen LogP contribution < -0.4 is 10.6 Å². The van der Waals surface area contributed by atoms with E-state index in [0.717, 1.165) is 27.8 Å². The monoisotopic (exact) mass is 496 g/mol. The number of amides is 2. The first-order chi connectivity index (χ1) is 16.5. The lowest BCUT2D eigenvalue weighted by atomic mass is 9.89. The van der Waals surface area contributed by atoms with Crippen LogP contribution in [0.4, 0.5) is 5.69 Å². The molecule has 0 bridgehead atoms. The average Bonchev–Trinajstić information content (AvgIpc) is 3.10. The van der Waals surface area contributed by atoms with E-state index in [0.29, 0.717) is 30.8 Å². The van der Waals surface area contributed by atoms with E-state index in [4.69, 9.17) is 4.99 Å². The molecule has 1 saturated heterocycles. The molecule has 1 spiro atoms. The third kappa shape index (κ3) is 5.16. The zero-order valence-corrected chi connectivity index (χ0v) is 21.5. The van der Waals surface area contributed by atoms with Crippen LogP contribution in [0, 0.1) is 20.8 Å². The molecule has 1 fully saturated rings. The Morgan fingerprint density at radius 1 is 1.11 bits per heavy atom. The van der Waals surface area contributed by atoms with Crippen LogP contribution in [-0.2, 0) is 26.0 Å². The summed E-state index contributed by atoms with van der Waals surface area (Å²) in [5.74, 6) is 0.263. The Balaban J connectivity index is 1.41. The quantitative estimate of drug-likeness (QED) is 0.641. The highest BCUT2D eigenvalue weighted by Gasteiger charge is 2.47. The minimum Gasteiger partial charge on any atom is -0.326 e. The molecule has 2 aromatic rings. The van der Waals surface area contributed by atoms with Crippen LogP contribution in [0.25, 0.3) is 0 Å². The molecular formula is C26H32N4O4S. The molecule has 2 aliphatic rings. The molecule has 186 valence electrons. The summed E-state index contributed by atoms with van der Waals surface area (Å²) < 4.78 is 27.6. The Morgan fingerprint density at radius 3 is 2.49 bits per heavy atom. The standard InChI is InChI=1S/C26H32N4O4S/c1-17-6-5-7-23(19(17)3)24-28-25(32)26(29-24)11-13-30(14-12-26)35(33,34)15-10-21-8-9-22(16-18(21)2)27-20(4)31/h5-9,16H,10-15H2,1-4H3,(H,27,31)(H,28,29,32). The van der Waals surface area contributed by atoms with Crippen LogP contribution in [-0.4, -0.2) is 54.8 Å². The highest BCUT2D eigenvalue weighted by Crippen LogP contribution is 2.33. The third-order valence-corrected chi connectivity index (χ3v) is 8.95. The Bertz CT molecular complexity index is 1310. The van der Waals surface area contributed by atoms with Crippen LogP contribution in [0.1, 0.15) is 47.6 Å². The second-order valence-electron chi connectivity index (χ2n) is 9.48. The van der Waals surface area contributed by atoms with Gasteiger partial charge in [0.1, 0.15) is 11.4 Å². The van der Waals surface area contributed by atoms with Crippen molar-refractivity contribution in [3.8, 4) is 0 Å². The number of rotatable bonds is 6. The number of carbonyl (C=O) groups is 2. The molecule has 8 nitrogen and oxygen atoms in total. The predicted molar refractivity (Wildman–Crippen MR) is 137 cm³/mol. The number of nitrogens with one attached hydrogen (secondary N) is 2. The number of sulfonamides is 1. The number of anilines is 1. The summed E-state index contributed by atoms with van der Waals surface area (Å²) in [6, 6.07) is 11.4. The Hall–Kier alpha value is -3.04. The predicted octanol–water partition coefficient (Wildman–Crippen LogP) is 2.85. The van der Waals surface area contributed by atoms with Gasteiger partial charge in [0.2, 0.25) is 15.9 Å². The minimum absolute atomic E-state index is 0.0104. The van der Waals surface area contributed by atoms with Crippen molar-refractivity contribution in [3.05, 3.63) is 64.2 Å². The summed E-state index contributed by atoms with van der Waals surface area (Å²) in [7, 11) is -3.49. The van der Waals surface area contributed by atoms with Gasteiger partial charge in [0.15, 0.2) is 0 Å². The lowest BCUT2D eigenvalue weighted by Crippen LogP contribution is -2.50. The molecule has 9 heteroatoms. The summed E-state index contributed by atoms with van der Waals surface area (Å²) in [5.41, 5.74) is 4.75. The van der Waals surface area contributed by atoms with Crippen molar-refractivity contribution >= 4 is 33.4 Å². The van der Waals surface area contributed by atoms with Crippen LogP contribution in [0.2, 0.25) is 0 Å². The molecule has 0 saturated carbocycles. The van der Waals surface area contributed by atoms with E-state index in [-0.39, 0.29) is 30.7 Å². The van der Waals surface area contributed by atoms with Gasteiger partial charge in [0, 0.05) is 31.3 Å². The summed E-state index contributed by atoms with van der Waals surface area (Å²) in [4.78, 5) is 28.9. The van der Waals surface area contributed by atoms with E-state index >= 15 is 0 Å². The maximum atomic E-state index is 13.1. The Labute approximate surface area is 206 Å². The average molecular weight is 497 g/mol. The van der Waals surface area contributed by atoms with E-state index < -0.39 is 15.6 Å². The fourth-order valence-corrected chi connectivity index (χ4v) is 6.23. The maximum Gasteiger partial charge on any atom is 0.253 e. The first-order valence-corrected chi connectivity index (χ1v) is 13.4. The number of benzene rings is 2. The first-order valence-electron chi connectivity index (χ1n) is 11.8. The first kappa shape index (κ1) is 25.1. The molecule has 0 atom stereocenters. The summed E-state index contributed by atoms with van der Waals surface area (Å²) in [6.07, 6.45) is 1.10. The molecule has 2 N–H and O–H groups in total. The molecule has 0 aliphatic carbocycles. The second kappa shape index (κ2) is 9.54. The van der Waals surface area contributed by atoms with E-state index in [1.54, 1.807) is 6.07 Å². The van der Waals surface area contributed by atoms with E-state index in [1.807, 2.05) is 51.1 Å². The number of piperidine rings is 1. The molecule has 2 amide bonds. The van der Waals surface area contributed by atoms with Gasteiger partial charge in [-0.1, -0.05) is 24.3 Å². The molecule has 2 heterocycles. The summed E-state index contributed by atoms with van der Waals surface area (Å²) in [5, 5.41) is 5.67. The normalized spacial score (nSPS) is 17.8. The maximum absolute atomic E-state index is 13.1. The molecule has 0 aromatic heterocycles. The molecule has 0 radical (unpaired) electrons. The summed E-state index contributed by atoms with van der Waals surface area (Å²) >= 11 is 0. The van der Waals surface area contributed by atoms with Crippen molar-refractivity contribution in [2.75, 3.05) is 24.2 Å². The third-order valence-electron chi connectivity index (χ3n) is 7.08. The van der Waals surface area contributed by atoms with Crippen molar-refractivity contribution < 1.29 is 18.0 Å². The van der Waals surface area contributed by atoms with Gasteiger partial charge in [0.25, 0.3) is 5.91 Å².